The van der Waals surface area contributed by atoms with Gasteiger partial charge >= 0.3 is 5.97 Å². The summed E-state index contributed by atoms with van der Waals surface area (Å²) in [5, 5.41) is 13.0. The van der Waals surface area contributed by atoms with Gasteiger partial charge in [-0.05, 0) is 31.2 Å². The largest absolute Gasteiger partial charge is 0.477 e. The number of nitrogens with zero attached hydrogens (tertiary/aromatic N) is 4. The Balaban J connectivity index is 1.89. The van der Waals surface area contributed by atoms with E-state index in [2.05, 4.69) is 15.0 Å². The van der Waals surface area contributed by atoms with Gasteiger partial charge in [0.05, 0.1) is 11.9 Å². The number of carbonyl (C=O) groups is 1. The molecule has 1 N–H and O–H groups in total. The van der Waals surface area contributed by atoms with E-state index in [4.69, 9.17) is 5.11 Å². The molecule has 0 unspecified atom stereocenters. The number of carboxylic acids is 1. The second-order valence-electron chi connectivity index (χ2n) is 4.83. The molecule has 2 aromatic rings. The maximum atomic E-state index is 10.9. The Bertz CT molecular complexity index is 594. The van der Waals surface area contributed by atoms with Crippen molar-refractivity contribution in [1.82, 2.24) is 19.7 Å². The first-order valence-electron chi connectivity index (χ1n) is 6.40. The Labute approximate surface area is 117 Å². The van der Waals surface area contributed by atoms with Crippen LogP contribution in [0.3, 0.4) is 0 Å². The van der Waals surface area contributed by atoms with Crippen LogP contribution in [0.2, 0.25) is 0 Å². The first-order chi connectivity index (χ1) is 9.54. The molecule has 6 nitrogen and oxygen atoms in total. The van der Waals surface area contributed by atoms with Crippen molar-refractivity contribution in [3.63, 3.8) is 0 Å². The molecule has 0 saturated heterocycles. The Morgan fingerprint density at radius 2 is 2.25 bits per heavy atom. The number of rotatable bonds is 6. The van der Waals surface area contributed by atoms with E-state index in [-0.39, 0.29) is 5.69 Å². The van der Waals surface area contributed by atoms with Crippen LogP contribution < -0.4 is 0 Å². The summed E-state index contributed by atoms with van der Waals surface area (Å²) in [5.41, 5.74) is 2.04. The van der Waals surface area contributed by atoms with Gasteiger partial charge in [0.2, 0.25) is 0 Å². The quantitative estimate of drug-likeness (QED) is 0.856. The summed E-state index contributed by atoms with van der Waals surface area (Å²) in [6.07, 6.45) is 4.76. The molecule has 0 radical (unpaired) electrons. The molecule has 0 aromatic carbocycles. The molecule has 106 valence electrons. The second-order valence-corrected chi connectivity index (χ2v) is 4.83. The zero-order valence-corrected chi connectivity index (χ0v) is 11.7. The van der Waals surface area contributed by atoms with Crippen LogP contribution in [0.1, 0.15) is 21.7 Å². The average molecular weight is 274 g/mol. The Hall–Kier alpha value is -2.21. The smallest absolute Gasteiger partial charge is 0.354 e. The lowest BCUT2D eigenvalue weighted by molar-refractivity contribution is 0.0690. The number of hydrogen-bond acceptors (Lipinski definition) is 4. The van der Waals surface area contributed by atoms with Crippen molar-refractivity contribution in [1.29, 1.82) is 0 Å². The molecule has 2 rings (SSSR count). The minimum absolute atomic E-state index is 0.0863. The van der Waals surface area contributed by atoms with Gasteiger partial charge in [0.25, 0.3) is 0 Å². The third-order valence-electron chi connectivity index (χ3n) is 3.00. The van der Waals surface area contributed by atoms with Crippen molar-refractivity contribution in [3.05, 3.63) is 47.5 Å². The fourth-order valence-corrected chi connectivity index (χ4v) is 1.96. The highest BCUT2D eigenvalue weighted by atomic mass is 16.4. The van der Waals surface area contributed by atoms with Crippen LogP contribution in [0.5, 0.6) is 0 Å². The van der Waals surface area contributed by atoms with Gasteiger partial charge in [-0.1, -0.05) is 6.07 Å². The predicted octanol–water partition coefficient (Wildman–Crippen LogP) is 1.19. The van der Waals surface area contributed by atoms with Gasteiger partial charge in [-0.15, -0.1) is 0 Å². The third kappa shape index (κ3) is 3.89. The molecule has 6 heteroatoms. The maximum Gasteiger partial charge on any atom is 0.354 e. The Morgan fingerprint density at radius 3 is 2.90 bits per heavy atom. The van der Waals surface area contributed by atoms with Gasteiger partial charge in [-0.3, -0.25) is 4.68 Å². The molecule has 0 aliphatic rings. The maximum absolute atomic E-state index is 10.9. The van der Waals surface area contributed by atoms with Crippen molar-refractivity contribution in [2.24, 2.45) is 7.05 Å². The molecule has 2 heterocycles. The minimum Gasteiger partial charge on any atom is -0.477 e. The molecule has 0 bridgehead atoms. The molecule has 0 aliphatic heterocycles. The summed E-state index contributed by atoms with van der Waals surface area (Å²) in [6, 6.07) is 5.06. The van der Waals surface area contributed by atoms with Gasteiger partial charge in [0.1, 0.15) is 5.69 Å². The summed E-state index contributed by atoms with van der Waals surface area (Å²) in [7, 11) is 3.89. The van der Waals surface area contributed by atoms with E-state index in [9.17, 15) is 4.79 Å². The van der Waals surface area contributed by atoms with Gasteiger partial charge in [-0.2, -0.15) is 5.10 Å². The highest BCUT2D eigenvalue weighted by Crippen LogP contribution is 2.05. The molecule has 0 spiro atoms. The Kier molecular flexibility index (Phi) is 4.47. The molecule has 0 saturated carbocycles. The van der Waals surface area contributed by atoms with E-state index in [1.165, 1.54) is 11.6 Å². The number of aromatic carboxylic acids is 1. The van der Waals surface area contributed by atoms with E-state index < -0.39 is 5.97 Å². The first kappa shape index (κ1) is 14.2. The Morgan fingerprint density at radius 1 is 1.45 bits per heavy atom. The van der Waals surface area contributed by atoms with Crippen LogP contribution in [-0.2, 0) is 20.0 Å². The number of likely N-dealkylation sites (N-methyl/N-ethyl adjacent to an activating group) is 1. The van der Waals surface area contributed by atoms with Crippen LogP contribution in [0, 0.1) is 0 Å². The number of aryl methyl sites for hydroxylation is 1. The fraction of sp³-hybridized carbons (Fsp3) is 0.357. The summed E-state index contributed by atoms with van der Waals surface area (Å²) >= 11 is 0. The molecule has 0 amide bonds. The van der Waals surface area contributed by atoms with Crippen molar-refractivity contribution >= 4 is 5.97 Å². The lowest BCUT2D eigenvalue weighted by atomic mass is 10.2. The average Bonchev–Trinajstić information content (AvgIpc) is 2.82. The molecule has 2 aromatic heterocycles. The summed E-state index contributed by atoms with van der Waals surface area (Å²) in [5.74, 6) is -0.995. The third-order valence-corrected chi connectivity index (χ3v) is 3.00. The number of pyridine rings is 1. The van der Waals surface area contributed by atoms with E-state index in [1.807, 2.05) is 32.6 Å². The zero-order valence-electron chi connectivity index (χ0n) is 11.7. The monoisotopic (exact) mass is 274 g/mol. The van der Waals surface area contributed by atoms with Crippen molar-refractivity contribution in [2.45, 2.75) is 13.0 Å². The molecular formula is C14H18N4O2. The van der Waals surface area contributed by atoms with Crippen LogP contribution >= 0.6 is 0 Å². The van der Waals surface area contributed by atoms with E-state index in [1.54, 1.807) is 10.7 Å². The van der Waals surface area contributed by atoms with E-state index in [0.29, 0.717) is 6.54 Å². The van der Waals surface area contributed by atoms with Crippen LogP contribution in [0.4, 0.5) is 0 Å². The SMILES string of the molecule is CN(CCc1cnn(C)c1)Cc1cccc(C(=O)O)n1. The molecule has 0 fully saturated rings. The van der Waals surface area contributed by atoms with E-state index in [0.717, 1.165) is 18.7 Å². The molecule has 0 aliphatic carbocycles. The molecular weight excluding hydrogens is 256 g/mol. The topological polar surface area (TPSA) is 71.2 Å². The lowest BCUT2D eigenvalue weighted by Crippen LogP contribution is -2.21. The minimum atomic E-state index is -0.995. The predicted molar refractivity (Wildman–Crippen MR) is 74.4 cm³/mol. The summed E-state index contributed by atoms with van der Waals surface area (Å²) < 4.78 is 1.78. The van der Waals surface area contributed by atoms with Crippen LogP contribution in [0.25, 0.3) is 0 Å². The van der Waals surface area contributed by atoms with Gasteiger partial charge in [0, 0.05) is 26.3 Å². The molecule has 20 heavy (non-hydrogen) atoms. The van der Waals surface area contributed by atoms with Gasteiger partial charge in [-0.25, -0.2) is 9.78 Å². The highest BCUT2D eigenvalue weighted by Gasteiger charge is 2.07. The standard InChI is InChI=1S/C14H18N4O2/c1-17(7-6-11-8-15-18(2)9-11)10-12-4-3-5-13(16-12)14(19)20/h3-5,8-9H,6-7,10H2,1-2H3,(H,19,20). The van der Waals surface area contributed by atoms with Crippen LogP contribution in [0.15, 0.2) is 30.6 Å². The first-order valence-corrected chi connectivity index (χ1v) is 6.40. The fourth-order valence-electron chi connectivity index (χ4n) is 1.96. The van der Waals surface area contributed by atoms with Gasteiger partial charge < -0.3 is 10.0 Å². The second kappa shape index (κ2) is 6.29. The summed E-state index contributed by atoms with van der Waals surface area (Å²) in [6.45, 7) is 1.49. The molecule has 0 atom stereocenters. The zero-order chi connectivity index (χ0) is 14.5. The highest BCUT2D eigenvalue weighted by molar-refractivity contribution is 5.85. The van der Waals surface area contributed by atoms with Crippen molar-refractivity contribution in [2.75, 3.05) is 13.6 Å². The lowest BCUT2D eigenvalue weighted by Gasteiger charge is -2.15. The van der Waals surface area contributed by atoms with Crippen molar-refractivity contribution < 1.29 is 9.90 Å². The number of carboxylic acid groups (broad SMARTS) is 1. The van der Waals surface area contributed by atoms with Gasteiger partial charge in [0.15, 0.2) is 0 Å². The summed E-state index contributed by atoms with van der Waals surface area (Å²) in [4.78, 5) is 17.1. The number of aromatic nitrogens is 3. The number of hydrogen-bond donors (Lipinski definition) is 1. The van der Waals surface area contributed by atoms with E-state index >= 15 is 0 Å². The van der Waals surface area contributed by atoms with Crippen LogP contribution in [-0.4, -0.2) is 44.3 Å². The van der Waals surface area contributed by atoms with Crippen molar-refractivity contribution in [3.8, 4) is 0 Å². The normalized spacial score (nSPS) is 10.9.